The molecule has 0 bridgehead atoms. The van der Waals surface area contributed by atoms with Gasteiger partial charge in [-0.25, -0.2) is 0 Å². The summed E-state index contributed by atoms with van der Waals surface area (Å²) in [6.07, 6.45) is 2.59. The molecule has 21 heavy (non-hydrogen) atoms. The minimum absolute atomic E-state index is 0.0662. The van der Waals surface area contributed by atoms with Crippen LogP contribution in [0.5, 0.6) is 5.75 Å². The Morgan fingerprint density at radius 1 is 1.24 bits per heavy atom. The monoisotopic (exact) mass is 290 g/mol. The third-order valence-corrected chi connectivity index (χ3v) is 3.85. The van der Waals surface area contributed by atoms with Crippen LogP contribution >= 0.6 is 0 Å². The van der Waals surface area contributed by atoms with Gasteiger partial charge in [-0.15, -0.1) is 0 Å². The molecule has 0 aromatic heterocycles. The number of amides is 1. The van der Waals surface area contributed by atoms with E-state index in [9.17, 15) is 4.79 Å². The van der Waals surface area contributed by atoms with Crippen molar-refractivity contribution in [2.45, 2.75) is 52.2 Å². The van der Waals surface area contributed by atoms with Crippen LogP contribution in [0.15, 0.2) is 24.3 Å². The zero-order chi connectivity index (χ0) is 15.2. The van der Waals surface area contributed by atoms with Gasteiger partial charge in [-0.2, -0.15) is 0 Å². The highest BCUT2D eigenvalue weighted by Gasteiger charge is 2.19. The molecule has 4 heteroatoms. The average Bonchev–Trinajstić information content (AvgIpc) is 3.28. The van der Waals surface area contributed by atoms with Gasteiger partial charge in [0.15, 0.2) is 6.61 Å². The van der Waals surface area contributed by atoms with Crippen LogP contribution in [0.4, 0.5) is 0 Å². The Morgan fingerprint density at radius 2 is 1.90 bits per heavy atom. The van der Waals surface area contributed by atoms with Crippen molar-refractivity contribution in [1.29, 1.82) is 0 Å². The molecule has 1 aliphatic rings. The number of carbonyl (C=O) groups excluding carboxylic acids is 1. The second-order valence-electron chi connectivity index (χ2n) is 6.19. The second kappa shape index (κ2) is 7.46. The zero-order valence-electron chi connectivity index (χ0n) is 13.2. The highest BCUT2D eigenvalue weighted by atomic mass is 16.5. The number of rotatable bonds is 8. The van der Waals surface area contributed by atoms with Crippen molar-refractivity contribution >= 4 is 5.91 Å². The van der Waals surface area contributed by atoms with Crippen LogP contribution in [0.3, 0.4) is 0 Å². The van der Waals surface area contributed by atoms with Crippen LogP contribution in [-0.4, -0.2) is 24.6 Å². The van der Waals surface area contributed by atoms with Crippen LogP contribution in [0.1, 0.15) is 39.2 Å². The Balaban J connectivity index is 1.71. The van der Waals surface area contributed by atoms with E-state index in [1.165, 1.54) is 18.4 Å². The topological polar surface area (TPSA) is 50.4 Å². The Bertz CT molecular complexity index is 452. The molecule has 1 fully saturated rings. The summed E-state index contributed by atoms with van der Waals surface area (Å²) in [6, 6.07) is 8.80. The Hall–Kier alpha value is -1.55. The predicted molar refractivity (Wildman–Crippen MR) is 84.2 cm³/mol. The molecule has 2 rings (SSSR count). The van der Waals surface area contributed by atoms with Crippen LogP contribution in [0, 0.1) is 5.92 Å². The van der Waals surface area contributed by atoms with Crippen molar-refractivity contribution in [2.75, 3.05) is 6.61 Å². The van der Waals surface area contributed by atoms with Crippen LogP contribution < -0.4 is 15.4 Å². The highest BCUT2D eigenvalue weighted by molar-refractivity contribution is 5.77. The molecule has 1 amide bonds. The standard InChI is InChI=1S/C17H26N2O2/c1-12(2)13(3)19-17(20)11-21-16-8-4-14(5-9-16)10-18-15-6-7-15/h4-5,8-9,12-13,15,18H,6-7,10-11H2,1-3H3,(H,19,20). The van der Waals surface area contributed by atoms with Gasteiger partial charge in [-0.1, -0.05) is 26.0 Å². The average molecular weight is 290 g/mol. The molecule has 1 atom stereocenters. The van der Waals surface area contributed by atoms with E-state index < -0.39 is 0 Å². The minimum Gasteiger partial charge on any atom is -0.484 e. The van der Waals surface area contributed by atoms with Gasteiger partial charge in [0.1, 0.15) is 5.75 Å². The van der Waals surface area contributed by atoms with E-state index in [2.05, 4.69) is 24.5 Å². The number of carbonyl (C=O) groups is 1. The van der Waals surface area contributed by atoms with Crippen LogP contribution in [0.25, 0.3) is 0 Å². The first-order valence-electron chi connectivity index (χ1n) is 7.79. The van der Waals surface area contributed by atoms with E-state index in [4.69, 9.17) is 4.74 Å². The lowest BCUT2D eigenvalue weighted by atomic mass is 10.1. The van der Waals surface area contributed by atoms with E-state index in [1.54, 1.807) is 0 Å². The molecule has 1 unspecified atom stereocenters. The highest BCUT2D eigenvalue weighted by Crippen LogP contribution is 2.19. The molecule has 4 nitrogen and oxygen atoms in total. The second-order valence-corrected chi connectivity index (χ2v) is 6.19. The number of hydrogen-bond acceptors (Lipinski definition) is 3. The number of benzene rings is 1. The molecule has 0 heterocycles. The molecule has 116 valence electrons. The molecule has 0 saturated heterocycles. The first kappa shape index (κ1) is 15.8. The van der Waals surface area contributed by atoms with Gasteiger partial charge in [-0.05, 0) is 43.4 Å². The minimum atomic E-state index is -0.0734. The Kier molecular flexibility index (Phi) is 5.62. The predicted octanol–water partition coefficient (Wildman–Crippen LogP) is 2.48. The first-order valence-corrected chi connectivity index (χ1v) is 7.79. The van der Waals surface area contributed by atoms with Crippen molar-refractivity contribution in [2.24, 2.45) is 5.92 Å². The summed E-state index contributed by atoms with van der Waals surface area (Å²) in [7, 11) is 0. The quantitative estimate of drug-likeness (QED) is 0.773. The summed E-state index contributed by atoms with van der Waals surface area (Å²) >= 11 is 0. The summed E-state index contributed by atoms with van der Waals surface area (Å²) < 4.78 is 5.51. The van der Waals surface area contributed by atoms with Gasteiger partial charge in [-0.3, -0.25) is 4.79 Å². The number of nitrogens with one attached hydrogen (secondary N) is 2. The van der Waals surface area contributed by atoms with E-state index in [-0.39, 0.29) is 18.6 Å². The van der Waals surface area contributed by atoms with Gasteiger partial charge in [0, 0.05) is 18.6 Å². The van der Waals surface area contributed by atoms with Crippen molar-refractivity contribution in [1.82, 2.24) is 10.6 Å². The van der Waals surface area contributed by atoms with Crippen molar-refractivity contribution in [3.63, 3.8) is 0 Å². The maximum absolute atomic E-state index is 11.7. The van der Waals surface area contributed by atoms with Crippen LogP contribution in [-0.2, 0) is 11.3 Å². The summed E-state index contributed by atoms with van der Waals surface area (Å²) in [5, 5.41) is 6.40. The summed E-state index contributed by atoms with van der Waals surface area (Å²) in [5.74, 6) is 1.08. The molecule has 0 radical (unpaired) electrons. The molecular formula is C17H26N2O2. The van der Waals surface area contributed by atoms with Gasteiger partial charge >= 0.3 is 0 Å². The molecule has 1 aliphatic carbocycles. The fourth-order valence-electron chi connectivity index (χ4n) is 1.86. The Labute approximate surface area is 127 Å². The summed E-state index contributed by atoms with van der Waals surface area (Å²) in [5.41, 5.74) is 1.24. The number of hydrogen-bond donors (Lipinski definition) is 2. The van der Waals surface area contributed by atoms with Gasteiger partial charge in [0.2, 0.25) is 0 Å². The third-order valence-electron chi connectivity index (χ3n) is 3.85. The normalized spacial score (nSPS) is 15.8. The lowest BCUT2D eigenvalue weighted by molar-refractivity contribution is -0.124. The maximum atomic E-state index is 11.7. The largest absolute Gasteiger partial charge is 0.484 e. The maximum Gasteiger partial charge on any atom is 0.258 e. The van der Waals surface area contributed by atoms with Crippen molar-refractivity contribution < 1.29 is 9.53 Å². The molecule has 0 spiro atoms. The summed E-state index contributed by atoms with van der Waals surface area (Å²) in [4.78, 5) is 11.7. The Morgan fingerprint density at radius 3 is 2.48 bits per heavy atom. The SMILES string of the molecule is CC(C)C(C)NC(=O)COc1ccc(CNC2CC2)cc1. The lowest BCUT2D eigenvalue weighted by Gasteiger charge is -2.17. The van der Waals surface area contributed by atoms with Crippen molar-refractivity contribution in [3.8, 4) is 5.75 Å². The molecule has 1 saturated carbocycles. The summed E-state index contributed by atoms with van der Waals surface area (Å²) in [6.45, 7) is 7.14. The van der Waals surface area contributed by atoms with E-state index in [0.29, 0.717) is 12.0 Å². The lowest BCUT2D eigenvalue weighted by Crippen LogP contribution is -2.38. The van der Waals surface area contributed by atoms with Gasteiger partial charge in [0.25, 0.3) is 5.91 Å². The van der Waals surface area contributed by atoms with E-state index >= 15 is 0 Å². The molecule has 2 N–H and O–H groups in total. The smallest absolute Gasteiger partial charge is 0.258 e. The number of ether oxygens (including phenoxy) is 1. The first-order chi connectivity index (χ1) is 10.0. The van der Waals surface area contributed by atoms with Crippen molar-refractivity contribution in [3.05, 3.63) is 29.8 Å². The van der Waals surface area contributed by atoms with E-state index in [0.717, 1.165) is 12.3 Å². The van der Waals surface area contributed by atoms with Gasteiger partial charge < -0.3 is 15.4 Å². The zero-order valence-corrected chi connectivity index (χ0v) is 13.2. The molecular weight excluding hydrogens is 264 g/mol. The van der Waals surface area contributed by atoms with E-state index in [1.807, 2.05) is 31.2 Å². The fourth-order valence-corrected chi connectivity index (χ4v) is 1.86. The third kappa shape index (κ3) is 5.76. The van der Waals surface area contributed by atoms with Gasteiger partial charge in [0.05, 0.1) is 0 Å². The van der Waals surface area contributed by atoms with Crippen LogP contribution in [0.2, 0.25) is 0 Å². The molecule has 1 aromatic rings. The fraction of sp³-hybridized carbons (Fsp3) is 0.588. The molecule has 0 aliphatic heterocycles. The molecule has 1 aromatic carbocycles.